The number of hydrogen-bond donors (Lipinski definition) is 2. The second kappa shape index (κ2) is 8.02. The largest absolute Gasteiger partial charge is 0.378 e. The molecule has 0 bridgehead atoms. The van der Waals surface area contributed by atoms with E-state index in [1.54, 1.807) is 4.68 Å². The Kier molecular flexibility index (Phi) is 5.55. The van der Waals surface area contributed by atoms with Gasteiger partial charge >= 0.3 is 6.03 Å². The summed E-state index contributed by atoms with van der Waals surface area (Å²) in [6.45, 7) is 5.60. The van der Waals surface area contributed by atoms with Gasteiger partial charge in [0.1, 0.15) is 0 Å². The molecule has 2 heterocycles. The molecule has 1 aliphatic heterocycles. The van der Waals surface area contributed by atoms with Crippen molar-refractivity contribution in [3.8, 4) is 0 Å². The predicted octanol–water partition coefficient (Wildman–Crippen LogP) is 2.14. The molecule has 0 aliphatic carbocycles. The number of rotatable bonds is 5. The number of nitrogens with zero attached hydrogens (tertiary/aromatic N) is 3. The van der Waals surface area contributed by atoms with Crippen LogP contribution < -0.4 is 15.5 Å². The Labute approximate surface area is 148 Å². The molecule has 0 radical (unpaired) electrons. The highest BCUT2D eigenvalue weighted by atomic mass is 16.5. The Morgan fingerprint density at radius 1 is 1.28 bits per heavy atom. The fraction of sp³-hybridized carbons (Fsp3) is 0.444. The van der Waals surface area contributed by atoms with Gasteiger partial charge in [-0.1, -0.05) is 19.1 Å². The lowest BCUT2D eigenvalue weighted by Crippen LogP contribution is -2.37. The molecule has 3 rings (SSSR count). The van der Waals surface area contributed by atoms with Gasteiger partial charge in [0.25, 0.3) is 0 Å². The fourth-order valence-corrected chi connectivity index (χ4v) is 3.03. The number of amides is 2. The van der Waals surface area contributed by atoms with Gasteiger partial charge < -0.3 is 20.3 Å². The third kappa shape index (κ3) is 4.30. The smallest absolute Gasteiger partial charge is 0.319 e. The van der Waals surface area contributed by atoms with E-state index in [-0.39, 0.29) is 6.03 Å². The van der Waals surface area contributed by atoms with E-state index in [9.17, 15) is 4.79 Å². The zero-order valence-corrected chi connectivity index (χ0v) is 14.8. The van der Waals surface area contributed by atoms with Crippen LogP contribution in [0.5, 0.6) is 0 Å². The average molecular weight is 343 g/mol. The van der Waals surface area contributed by atoms with E-state index in [2.05, 4.69) is 27.6 Å². The van der Waals surface area contributed by atoms with Crippen LogP contribution >= 0.6 is 0 Å². The second-order valence-electron chi connectivity index (χ2n) is 6.05. The molecule has 7 heteroatoms. The van der Waals surface area contributed by atoms with Crippen LogP contribution in [0, 0.1) is 0 Å². The number of ether oxygens (including phenoxy) is 1. The first-order valence-electron chi connectivity index (χ1n) is 8.65. The Morgan fingerprint density at radius 3 is 2.80 bits per heavy atom. The van der Waals surface area contributed by atoms with Gasteiger partial charge in [0, 0.05) is 38.4 Å². The van der Waals surface area contributed by atoms with Crippen LogP contribution in [0.4, 0.5) is 16.2 Å². The van der Waals surface area contributed by atoms with Crippen LogP contribution in [0.1, 0.15) is 18.2 Å². The maximum absolute atomic E-state index is 12.3. The first-order valence-corrected chi connectivity index (χ1v) is 8.65. The molecule has 7 nitrogen and oxygen atoms in total. The minimum atomic E-state index is -0.216. The summed E-state index contributed by atoms with van der Waals surface area (Å²) in [5, 5.41) is 10.3. The Bertz CT molecular complexity index is 722. The van der Waals surface area contributed by atoms with Crippen LogP contribution in [0.25, 0.3) is 0 Å². The Balaban J connectivity index is 1.63. The fourth-order valence-electron chi connectivity index (χ4n) is 3.03. The molecule has 1 fully saturated rings. The minimum Gasteiger partial charge on any atom is -0.378 e. The van der Waals surface area contributed by atoms with Crippen molar-refractivity contribution in [2.75, 3.05) is 36.5 Å². The molecular weight excluding hydrogens is 318 g/mol. The summed E-state index contributed by atoms with van der Waals surface area (Å²) < 4.78 is 7.18. The number of anilines is 2. The van der Waals surface area contributed by atoms with E-state index in [0.29, 0.717) is 19.8 Å². The van der Waals surface area contributed by atoms with Crippen LogP contribution in [0.3, 0.4) is 0 Å². The highest BCUT2D eigenvalue weighted by molar-refractivity contribution is 5.93. The summed E-state index contributed by atoms with van der Waals surface area (Å²) in [5.41, 5.74) is 3.89. The van der Waals surface area contributed by atoms with Gasteiger partial charge in [0.15, 0.2) is 0 Å². The lowest BCUT2D eigenvalue weighted by Gasteiger charge is -2.30. The van der Waals surface area contributed by atoms with Crippen LogP contribution in [0.15, 0.2) is 30.5 Å². The number of urea groups is 1. The van der Waals surface area contributed by atoms with Gasteiger partial charge in [0.2, 0.25) is 0 Å². The van der Waals surface area contributed by atoms with Crippen molar-refractivity contribution in [1.82, 2.24) is 15.1 Å². The van der Waals surface area contributed by atoms with Crippen LogP contribution in [0.2, 0.25) is 0 Å². The number of morpholine rings is 1. The molecule has 0 saturated carbocycles. The summed E-state index contributed by atoms with van der Waals surface area (Å²) in [6.07, 6.45) is 2.79. The molecule has 2 amide bonds. The van der Waals surface area contributed by atoms with Crippen molar-refractivity contribution in [3.63, 3.8) is 0 Å². The van der Waals surface area contributed by atoms with Crippen molar-refractivity contribution in [2.45, 2.75) is 19.9 Å². The first kappa shape index (κ1) is 17.3. The van der Waals surface area contributed by atoms with Gasteiger partial charge in [-0.25, -0.2) is 4.79 Å². The van der Waals surface area contributed by atoms with E-state index in [1.165, 1.54) is 0 Å². The molecule has 0 unspecified atom stereocenters. The van der Waals surface area contributed by atoms with Gasteiger partial charge in [-0.05, 0) is 18.6 Å². The molecule has 1 aromatic carbocycles. The van der Waals surface area contributed by atoms with E-state index < -0.39 is 0 Å². The number of aryl methyl sites for hydroxylation is 2. The van der Waals surface area contributed by atoms with Gasteiger partial charge in [0.05, 0.1) is 30.3 Å². The number of nitrogens with one attached hydrogen (secondary N) is 2. The zero-order valence-electron chi connectivity index (χ0n) is 14.8. The lowest BCUT2D eigenvalue weighted by molar-refractivity contribution is 0.123. The van der Waals surface area contributed by atoms with Crippen molar-refractivity contribution < 1.29 is 9.53 Å². The number of carbonyl (C=O) groups excluding carboxylic acids is 1. The molecule has 0 spiro atoms. The van der Waals surface area contributed by atoms with Crippen LogP contribution in [-0.4, -0.2) is 42.1 Å². The Hall–Kier alpha value is -2.54. The second-order valence-corrected chi connectivity index (χ2v) is 6.05. The summed E-state index contributed by atoms with van der Waals surface area (Å²) in [6, 6.07) is 7.64. The third-order valence-electron chi connectivity index (χ3n) is 4.27. The van der Waals surface area contributed by atoms with Crippen LogP contribution in [-0.2, 0) is 24.8 Å². The Morgan fingerprint density at radius 2 is 2.04 bits per heavy atom. The van der Waals surface area contributed by atoms with Gasteiger partial charge in [-0.3, -0.25) is 4.68 Å². The van der Waals surface area contributed by atoms with E-state index >= 15 is 0 Å². The summed E-state index contributed by atoms with van der Waals surface area (Å²) in [7, 11) is 1.89. The molecular formula is C18H25N5O2. The molecule has 134 valence electrons. The maximum Gasteiger partial charge on any atom is 0.319 e. The zero-order chi connectivity index (χ0) is 17.6. The molecule has 2 N–H and O–H groups in total. The van der Waals surface area contributed by atoms with Crippen molar-refractivity contribution in [2.24, 2.45) is 7.05 Å². The molecule has 25 heavy (non-hydrogen) atoms. The van der Waals surface area contributed by atoms with Crippen molar-refractivity contribution in [3.05, 3.63) is 41.7 Å². The lowest BCUT2D eigenvalue weighted by atomic mass is 10.2. The molecule has 1 aromatic heterocycles. The molecule has 1 aliphatic rings. The summed E-state index contributed by atoms with van der Waals surface area (Å²) in [5.74, 6) is 0. The topological polar surface area (TPSA) is 71.4 Å². The standard InChI is InChI=1S/C18H25N5O2/c1-3-15-14(13-22(2)21-15)12-19-18(24)20-16-6-4-5-7-17(16)23-8-10-25-11-9-23/h4-7,13H,3,8-12H2,1-2H3,(H2,19,20,24). The average Bonchev–Trinajstić information content (AvgIpc) is 3.01. The molecule has 1 saturated heterocycles. The monoisotopic (exact) mass is 343 g/mol. The normalized spacial score (nSPS) is 14.4. The minimum absolute atomic E-state index is 0.216. The van der Waals surface area contributed by atoms with E-state index in [0.717, 1.165) is 42.1 Å². The third-order valence-corrected chi connectivity index (χ3v) is 4.27. The SMILES string of the molecule is CCc1nn(C)cc1CNC(=O)Nc1ccccc1N1CCOCC1. The van der Waals surface area contributed by atoms with Gasteiger partial charge in [-0.2, -0.15) is 5.10 Å². The number of benzene rings is 1. The van der Waals surface area contributed by atoms with Gasteiger partial charge in [-0.15, -0.1) is 0 Å². The highest BCUT2D eigenvalue weighted by Gasteiger charge is 2.16. The maximum atomic E-state index is 12.3. The number of para-hydroxylation sites is 2. The predicted molar refractivity (Wildman–Crippen MR) is 97.9 cm³/mol. The van der Waals surface area contributed by atoms with Crippen molar-refractivity contribution >= 4 is 17.4 Å². The summed E-state index contributed by atoms with van der Waals surface area (Å²) >= 11 is 0. The highest BCUT2D eigenvalue weighted by Crippen LogP contribution is 2.26. The number of carbonyl (C=O) groups is 1. The van der Waals surface area contributed by atoms with Crippen molar-refractivity contribution in [1.29, 1.82) is 0 Å². The number of aromatic nitrogens is 2. The number of hydrogen-bond acceptors (Lipinski definition) is 4. The molecule has 0 atom stereocenters. The van der Waals surface area contributed by atoms with E-state index in [4.69, 9.17) is 4.74 Å². The summed E-state index contributed by atoms with van der Waals surface area (Å²) in [4.78, 5) is 14.6. The molecule has 2 aromatic rings. The first-order chi connectivity index (χ1) is 12.2. The van der Waals surface area contributed by atoms with E-state index in [1.807, 2.05) is 37.5 Å². The quantitative estimate of drug-likeness (QED) is 0.872.